The zero-order valence-corrected chi connectivity index (χ0v) is 11.7. The van der Waals surface area contributed by atoms with Crippen molar-refractivity contribution in [2.75, 3.05) is 12.8 Å². The molecular formula is C16H19N3O. The molecule has 0 unspecified atom stereocenters. The van der Waals surface area contributed by atoms with E-state index in [1.54, 1.807) is 7.11 Å². The van der Waals surface area contributed by atoms with Crippen molar-refractivity contribution in [3.63, 3.8) is 0 Å². The summed E-state index contributed by atoms with van der Waals surface area (Å²) in [5.74, 6) is 2.32. The smallest absolute Gasteiger partial charge is 0.135 e. The second kappa shape index (κ2) is 5.49. The van der Waals surface area contributed by atoms with Crippen LogP contribution in [0.4, 0.5) is 5.82 Å². The fourth-order valence-corrected chi connectivity index (χ4v) is 2.72. The summed E-state index contributed by atoms with van der Waals surface area (Å²) >= 11 is 0. The Labute approximate surface area is 119 Å². The fourth-order valence-electron chi connectivity index (χ4n) is 2.72. The number of aryl methyl sites for hydroxylation is 1. The summed E-state index contributed by atoms with van der Waals surface area (Å²) in [7, 11) is 1.67. The van der Waals surface area contributed by atoms with Crippen molar-refractivity contribution in [1.82, 2.24) is 9.97 Å². The molecule has 0 saturated carbocycles. The Morgan fingerprint density at radius 1 is 1.20 bits per heavy atom. The van der Waals surface area contributed by atoms with E-state index in [1.165, 1.54) is 12.8 Å². The van der Waals surface area contributed by atoms with E-state index >= 15 is 0 Å². The van der Waals surface area contributed by atoms with Crippen molar-refractivity contribution in [1.29, 1.82) is 0 Å². The number of hydrogen-bond acceptors (Lipinski definition) is 4. The molecule has 1 heterocycles. The van der Waals surface area contributed by atoms with Gasteiger partial charge in [0.15, 0.2) is 0 Å². The van der Waals surface area contributed by atoms with Gasteiger partial charge < -0.3 is 10.5 Å². The van der Waals surface area contributed by atoms with Gasteiger partial charge in [0.25, 0.3) is 0 Å². The number of nitrogens with two attached hydrogens (primary N) is 1. The fraction of sp³-hybridized carbons (Fsp3) is 0.375. The second-order valence-corrected chi connectivity index (χ2v) is 5.19. The summed E-state index contributed by atoms with van der Waals surface area (Å²) in [6.45, 7) is 0. The largest absolute Gasteiger partial charge is 0.497 e. The minimum Gasteiger partial charge on any atom is -0.497 e. The number of aromatic nitrogens is 2. The summed E-state index contributed by atoms with van der Waals surface area (Å²) in [4.78, 5) is 9.16. The Bertz CT molecular complexity index is 625. The SMILES string of the molecule is COc1cccc(Cc2nc(N)c3c(n2)CCCC3)c1. The maximum atomic E-state index is 6.08. The number of anilines is 1. The first-order valence-corrected chi connectivity index (χ1v) is 7.03. The standard InChI is InChI=1S/C16H19N3O/c1-20-12-6-4-5-11(9-12)10-15-18-14-8-3-2-7-13(14)16(17)19-15/h4-6,9H,2-3,7-8,10H2,1H3,(H2,17,18,19). The first kappa shape index (κ1) is 12.9. The molecule has 0 spiro atoms. The van der Waals surface area contributed by atoms with Crippen LogP contribution in [0.15, 0.2) is 24.3 Å². The van der Waals surface area contributed by atoms with Gasteiger partial charge in [-0.15, -0.1) is 0 Å². The minimum atomic E-state index is 0.660. The number of hydrogen-bond donors (Lipinski definition) is 1. The number of nitrogens with zero attached hydrogens (tertiary/aromatic N) is 2. The zero-order valence-electron chi connectivity index (χ0n) is 11.7. The van der Waals surface area contributed by atoms with Crippen molar-refractivity contribution in [2.24, 2.45) is 0 Å². The summed E-state index contributed by atoms with van der Waals surface area (Å²) in [6, 6.07) is 7.99. The highest BCUT2D eigenvalue weighted by Crippen LogP contribution is 2.24. The summed E-state index contributed by atoms with van der Waals surface area (Å²) in [5, 5.41) is 0. The van der Waals surface area contributed by atoms with Crippen molar-refractivity contribution in [3.8, 4) is 5.75 Å². The average Bonchev–Trinajstić information content (AvgIpc) is 2.47. The van der Waals surface area contributed by atoms with Gasteiger partial charge in [-0.25, -0.2) is 9.97 Å². The van der Waals surface area contributed by atoms with Gasteiger partial charge in [0, 0.05) is 17.7 Å². The van der Waals surface area contributed by atoms with Gasteiger partial charge >= 0.3 is 0 Å². The number of benzene rings is 1. The van der Waals surface area contributed by atoms with Crippen LogP contribution in [0.25, 0.3) is 0 Å². The third-order valence-corrected chi connectivity index (χ3v) is 3.76. The van der Waals surface area contributed by atoms with E-state index in [0.29, 0.717) is 12.2 Å². The number of ether oxygens (including phenoxy) is 1. The highest BCUT2D eigenvalue weighted by molar-refractivity contribution is 5.44. The van der Waals surface area contributed by atoms with E-state index in [2.05, 4.69) is 11.1 Å². The first-order chi connectivity index (χ1) is 9.76. The maximum Gasteiger partial charge on any atom is 0.135 e. The van der Waals surface area contributed by atoms with Crippen LogP contribution in [0.2, 0.25) is 0 Å². The van der Waals surface area contributed by atoms with Crippen molar-refractivity contribution < 1.29 is 4.74 Å². The number of rotatable bonds is 3. The molecule has 0 aliphatic heterocycles. The van der Waals surface area contributed by atoms with Crippen molar-refractivity contribution >= 4 is 5.82 Å². The molecule has 3 rings (SSSR count). The average molecular weight is 269 g/mol. The quantitative estimate of drug-likeness (QED) is 0.930. The number of methoxy groups -OCH3 is 1. The van der Waals surface area contributed by atoms with Gasteiger partial charge in [-0.1, -0.05) is 12.1 Å². The van der Waals surface area contributed by atoms with Crippen LogP contribution in [0.1, 0.15) is 35.5 Å². The number of fused-ring (bicyclic) bond motifs is 1. The molecular weight excluding hydrogens is 250 g/mol. The topological polar surface area (TPSA) is 61.0 Å². The van der Waals surface area contributed by atoms with Crippen LogP contribution in [0.5, 0.6) is 5.75 Å². The minimum absolute atomic E-state index is 0.660. The van der Waals surface area contributed by atoms with Gasteiger partial charge in [-0.2, -0.15) is 0 Å². The normalized spacial score (nSPS) is 13.8. The Kier molecular flexibility index (Phi) is 3.54. The lowest BCUT2D eigenvalue weighted by atomic mass is 9.96. The maximum absolute atomic E-state index is 6.08. The van der Waals surface area contributed by atoms with E-state index in [4.69, 9.17) is 15.5 Å². The molecule has 1 aliphatic carbocycles. The zero-order chi connectivity index (χ0) is 13.9. The molecule has 0 fully saturated rings. The lowest BCUT2D eigenvalue weighted by molar-refractivity contribution is 0.414. The molecule has 0 saturated heterocycles. The molecule has 4 heteroatoms. The molecule has 20 heavy (non-hydrogen) atoms. The summed E-state index contributed by atoms with van der Waals surface area (Å²) in [5.41, 5.74) is 9.51. The van der Waals surface area contributed by atoms with Crippen LogP contribution < -0.4 is 10.5 Å². The second-order valence-electron chi connectivity index (χ2n) is 5.19. The molecule has 2 aromatic rings. The Morgan fingerprint density at radius 2 is 2.05 bits per heavy atom. The van der Waals surface area contributed by atoms with E-state index in [9.17, 15) is 0 Å². The highest BCUT2D eigenvalue weighted by Gasteiger charge is 2.16. The lowest BCUT2D eigenvalue weighted by Gasteiger charge is -2.17. The van der Waals surface area contributed by atoms with Gasteiger partial charge in [0.2, 0.25) is 0 Å². The third kappa shape index (κ3) is 2.59. The molecule has 0 radical (unpaired) electrons. The highest BCUT2D eigenvalue weighted by atomic mass is 16.5. The molecule has 1 aromatic heterocycles. The van der Waals surface area contributed by atoms with E-state index in [-0.39, 0.29) is 0 Å². The van der Waals surface area contributed by atoms with Crippen molar-refractivity contribution in [3.05, 3.63) is 46.9 Å². The molecule has 104 valence electrons. The van der Waals surface area contributed by atoms with Crippen LogP contribution in [0, 0.1) is 0 Å². The van der Waals surface area contributed by atoms with E-state index in [1.807, 2.05) is 18.2 Å². The Morgan fingerprint density at radius 3 is 2.90 bits per heavy atom. The summed E-state index contributed by atoms with van der Waals surface area (Å²) < 4.78 is 5.24. The first-order valence-electron chi connectivity index (χ1n) is 7.03. The molecule has 2 N–H and O–H groups in total. The Hall–Kier alpha value is -2.10. The van der Waals surface area contributed by atoms with Gasteiger partial charge in [-0.05, 0) is 43.4 Å². The number of nitrogen functional groups attached to an aromatic ring is 1. The third-order valence-electron chi connectivity index (χ3n) is 3.76. The van der Waals surface area contributed by atoms with Crippen molar-refractivity contribution in [2.45, 2.75) is 32.1 Å². The van der Waals surface area contributed by atoms with E-state index < -0.39 is 0 Å². The van der Waals surface area contributed by atoms with Crippen LogP contribution in [-0.2, 0) is 19.3 Å². The lowest BCUT2D eigenvalue weighted by Crippen LogP contribution is -2.13. The monoisotopic (exact) mass is 269 g/mol. The molecule has 1 aromatic carbocycles. The van der Waals surface area contributed by atoms with Crippen LogP contribution in [0.3, 0.4) is 0 Å². The predicted molar refractivity (Wildman–Crippen MR) is 78.9 cm³/mol. The molecule has 1 aliphatic rings. The van der Waals surface area contributed by atoms with Gasteiger partial charge in [0.05, 0.1) is 7.11 Å². The molecule has 4 nitrogen and oxygen atoms in total. The van der Waals surface area contributed by atoms with Crippen LogP contribution >= 0.6 is 0 Å². The molecule has 0 atom stereocenters. The van der Waals surface area contributed by atoms with E-state index in [0.717, 1.165) is 41.2 Å². The predicted octanol–water partition coefficient (Wildman–Crippen LogP) is 2.54. The Balaban J connectivity index is 1.89. The van der Waals surface area contributed by atoms with Gasteiger partial charge in [0.1, 0.15) is 17.4 Å². The summed E-state index contributed by atoms with van der Waals surface area (Å²) in [6.07, 6.45) is 5.11. The van der Waals surface area contributed by atoms with Crippen LogP contribution in [-0.4, -0.2) is 17.1 Å². The van der Waals surface area contributed by atoms with Gasteiger partial charge in [-0.3, -0.25) is 0 Å². The molecule has 0 amide bonds. The molecule has 0 bridgehead atoms.